The average Bonchev–Trinajstić information content (AvgIpc) is 3.37. The lowest BCUT2D eigenvalue weighted by Crippen LogP contribution is -2.55. The van der Waals surface area contributed by atoms with E-state index in [1.165, 1.54) is 0 Å². The molecule has 0 unspecified atom stereocenters. The van der Waals surface area contributed by atoms with Crippen LogP contribution in [0.1, 0.15) is 37.3 Å². The van der Waals surface area contributed by atoms with Crippen LogP contribution in [0, 0.1) is 0 Å². The Morgan fingerprint density at radius 1 is 0.902 bits per heavy atom. The lowest BCUT2D eigenvalue weighted by Gasteiger charge is -2.26. The van der Waals surface area contributed by atoms with E-state index in [0.717, 1.165) is 41.4 Å². The van der Waals surface area contributed by atoms with Crippen LogP contribution in [0.25, 0.3) is 10.9 Å². The van der Waals surface area contributed by atoms with Crippen LogP contribution in [-0.2, 0) is 22.4 Å². The number of nitrogens with two attached hydrogens (primary N) is 2. The Morgan fingerprint density at radius 2 is 1.59 bits per heavy atom. The second-order valence-electron chi connectivity index (χ2n) is 10.5. The van der Waals surface area contributed by atoms with Crippen LogP contribution in [0.3, 0.4) is 0 Å². The summed E-state index contributed by atoms with van der Waals surface area (Å²) < 4.78 is 0. The molecule has 0 spiro atoms. The molecule has 1 aromatic heterocycles. The lowest BCUT2D eigenvalue weighted by molar-refractivity contribution is -0.130. The first-order valence-electron chi connectivity index (χ1n) is 14.2. The highest BCUT2D eigenvalue weighted by Crippen LogP contribution is 2.19. The predicted octanol–water partition coefficient (Wildman–Crippen LogP) is 2.60. The third-order valence-electron chi connectivity index (χ3n) is 7.21. The summed E-state index contributed by atoms with van der Waals surface area (Å²) in [4.78, 5) is 30.2. The molecule has 0 bridgehead atoms. The van der Waals surface area contributed by atoms with Crippen molar-refractivity contribution < 1.29 is 9.59 Å². The monoisotopic (exact) mass is 559 g/mol. The molecule has 2 aromatic carbocycles. The number of aromatic amines is 1. The number of benzene rings is 2. The Hall–Kier alpha value is -4.08. The van der Waals surface area contributed by atoms with Crippen molar-refractivity contribution in [2.45, 2.75) is 63.2 Å². The molecule has 0 saturated carbocycles. The summed E-state index contributed by atoms with van der Waals surface area (Å²) >= 11 is 0. The van der Waals surface area contributed by atoms with Gasteiger partial charge in [-0.1, -0.05) is 61.7 Å². The first-order chi connectivity index (χ1) is 19.7. The largest absolute Gasteiger partial charge is 0.401 e. The van der Waals surface area contributed by atoms with Crippen LogP contribution in [0.15, 0.2) is 85.3 Å². The van der Waals surface area contributed by atoms with Gasteiger partial charge in [-0.2, -0.15) is 0 Å². The Labute approximate surface area is 243 Å². The van der Waals surface area contributed by atoms with E-state index in [9.17, 15) is 9.59 Å². The molecule has 0 saturated heterocycles. The van der Waals surface area contributed by atoms with Gasteiger partial charge in [-0.3, -0.25) is 9.59 Å². The number of aromatic nitrogens is 1. The molecule has 0 aliphatic rings. The van der Waals surface area contributed by atoms with E-state index in [1.807, 2.05) is 67.8 Å². The minimum Gasteiger partial charge on any atom is -0.401 e. The highest BCUT2D eigenvalue weighted by molar-refractivity contribution is 5.91. The molecule has 3 aromatic rings. The predicted molar refractivity (Wildman–Crippen MR) is 167 cm³/mol. The highest BCUT2D eigenvalue weighted by Gasteiger charge is 2.27. The van der Waals surface area contributed by atoms with E-state index in [2.05, 4.69) is 39.4 Å². The number of hydrogen-bond acceptors (Lipinski definition) is 6. The molecule has 9 nitrogen and oxygen atoms in total. The van der Waals surface area contributed by atoms with Crippen molar-refractivity contribution >= 4 is 22.7 Å². The first kappa shape index (κ1) is 31.4. The number of fused-ring (bicyclic) bond motifs is 1. The first-order valence-corrected chi connectivity index (χ1v) is 14.2. The van der Waals surface area contributed by atoms with Gasteiger partial charge >= 0.3 is 0 Å². The molecule has 1 heterocycles. The molecule has 0 aliphatic carbocycles. The summed E-state index contributed by atoms with van der Waals surface area (Å²) in [6, 6.07) is 15.5. The summed E-state index contributed by atoms with van der Waals surface area (Å²) in [6.45, 7) is 10.5. The fraction of sp³-hybridized carbons (Fsp3) is 0.375. The summed E-state index contributed by atoms with van der Waals surface area (Å²) in [7, 11) is 1.90. The van der Waals surface area contributed by atoms with Crippen LogP contribution in [0.5, 0.6) is 0 Å². The molecule has 9 heteroatoms. The van der Waals surface area contributed by atoms with Gasteiger partial charge in [0.25, 0.3) is 0 Å². The maximum atomic E-state index is 13.6. The summed E-state index contributed by atoms with van der Waals surface area (Å²) in [5.74, 6) is -0.657. The number of H-pyrrole nitrogens is 1. The number of carbonyl (C=O) groups excluding carboxylic acids is 2. The van der Waals surface area contributed by atoms with Crippen molar-refractivity contribution in [3.05, 3.63) is 96.5 Å². The second-order valence-corrected chi connectivity index (χ2v) is 10.5. The van der Waals surface area contributed by atoms with Crippen molar-refractivity contribution in [1.82, 2.24) is 26.3 Å². The maximum Gasteiger partial charge on any atom is 0.243 e. The maximum absolute atomic E-state index is 13.6. The fourth-order valence-corrected chi connectivity index (χ4v) is 4.74. The molecule has 9 N–H and O–H groups in total. The smallest absolute Gasteiger partial charge is 0.243 e. The van der Waals surface area contributed by atoms with Gasteiger partial charge in [-0.25, -0.2) is 0 Å². The SMILES string of the molecule is C=C(N[C@@H](C)C(=O)N[C@@H](Cc1c[nH]c2ccccc12)C(=O)N[C@@H](CCCCNC)C(=C)N)[C@H](N)Cc1ccccc1. The second kappa shape index (κ2) is 15.6. The molecule has 3 rings (SSSR count). The summed E-state index contributed by atoms with van der Waals surface area (Å²) in [5, 5.41) is 13.2. The van der Waals surface area contributed by atoms with E-state index in [-0.39, 0.29) is 17.9 Å². The zero-order valence-corrected chi connectivity index (χ0v) is 24.2. The zero-order valence-electron chi connectivity index (χ0n) is 24.2. The highest BCUT2D eigenvalue weighted by atomic mass is 16.2. The van der Waals surface area contributed by atoms with Crippen molar-refractivity contribution in [2.24, 2.45) is 11.5 Å². The zero-order chi connectivity index (χ0) is 29.8. The van der Waals surface area contributed by atoms with Crippen molar-refractivity contribution in [3.63, 3.8) is 0 Å². The van der Waals surface area contributed by atoms with Gasteiger partial charge < -0.3 is 37.7 Å². The van der Waals surface area contributed by atoms with Gasteiger partial charge in [0.1, 0.15) is 12.1 Å². The number of amides is 2. The quantitative estimate of drug-likeness (QED) is 0.126. The van der Waals surface area contributed by atoms with Crippen molar-refractivity contribution in [3.8, 4) is 0 Å². The van der Waals surface area contributed by atoms with Gasteiger partial charge in [-0.05, 0) is 63.4 Å². The molecule has 0 aliphatic heterocycles. The number of unbranched alkanes of at least 4 members (excludes halogenated alkanes) is 1. The van der Waals surface area contributed by atoms with E-state index in [1.54, 1.807) is 6.92 Å². The Balaban J connectivity index is 1.70. The van der Waals surface area contributed by atoms with Gasteiger partial charge in [-0.15, -0.1) is 0 Å². The number of nitrogens with one attached hydrogen (secondary N) is 5. The van der Waals surface area contributed by atoms with Gasteiger partial charge in [0.15, 0.2) is 0 Å². The Bertz CT molecular complexity index is 1300. The van der Waals surface area contributed by atoms with E-state index < -0.39 is 18.1 Å². The van der Waals surface area contributed by atoms with Gasteiger partial charge in [0.2, 0.25) is 11.8 Å². The minimum atomic E-state index is -0.837. The Morgan fingerprint density at radius 3 is 2.29 bits per heavy atom. The molecule has 4 atom stereocenters. The van der Waals surface area contributed by atoms with Crippen molar-refractivity contribution in [2.75, 3.05) is 13.6 Å². The lowest BCUT2D eigenvalue weighted by atomic mass is 10.0. The standard InChI is InChI=1S/C32H45N7O2/c1-21(33)28(15-10-11-17-35-4)38-32(41)30(19-25-20-36-29-16-9-8-14-26(25)29)39-31(40)23(3)37-22(2)27(34)18-24-12-6-5-7-13-24/h5-9,12-14,16,20,23,27-28,30,35-37H,1-2,10-11,15,17-19,33-34H2,3-4H3,(H,38,41)(H,39,40)/t23-,27+,28-,30-/m0/s1. The molecule has 2 amide bonds. The van der Waals surface area contributed by atoms with Gasteiger partial charge in [0, 0.05) is 41.0 Å². The molecule has 220 valence electrons. The molecule has 41 heavy (non-hydrogen) atoms. The third-order valence-corrected chi connectivity index (χ3v) is 7.21. The molecular weight excluding hydrogens is 514 g/mol. The van der Waals surface area contributed by atoms with Crippen LogP contribution < -0.4 is 32.7 Å². The average molecular weight is 560 g/mol. The minimum absolute atomic E-state index is 0.298. The topological polar surface area (TPSA) is 150 Å². The fourth-order valence-electron chi connectivity index (χ4n) is 4.74. The van der Waals surface area contributed by atoms with E-state index in [0.29, 0.717) is 30.7 Å². The third kappa shape index (κ3) is 9.51. The molecular formula is C32H45N7O2. The van der Waals surface area contributed by atoms with Crippen LogP contribution in [-0.4, -0.2) is 54.6 Å². The normalized spacial score (nSPS) is 14.0. The molecule has 0 fully saturated rings. The van der Waals surface area contributed by atoms with Crippen molar-refractivity contribution in [1.29, 1.82) is 0 Å². The van der Waals surface area contributed by atoms with Crippen LogP contribution in [0.2, 0.25) is 0 Å². The van der Waals surface area contributed by atoms with E-state index in [4.69, 9.17) is 11.5 Å². The summed E-state index contributed by atoms with van der Waals surface area (Å²) in [5.41, 5.74) is 16.3. The molecule has 0 radical (unpaired) electrons. The Kier molecular flexibility index (Phi) is 12.0. The summed E-state index contributed by atoms with van der Waals surface area (Å²) in [6.07, 6.45) is 5.24. The number of rotatable bonds is 17. The van der Waals surface area contributed by atoms with Gasteiger partial charge in [0.05, 0.1) is 6.04 Å². The number of hydrogen-bond donors (Lipinski definition) is 7. The van der Waals surface area contributed by atoms with Crippen LogP contribution >= 0.6 is 0 Å². The number of para-hydroxylation sites is 1. The van der Waals surface area contributed by atoms with Crippen LogP contribution in [0.4, 0.5) is 0 Å². The number of carbonyl (C=O) groups is 2. The van der Waals surface area contributed by atoms with E-state index >= 15 is 0 Å².